The third-order valence-corrected chi connectivity index (χ3v) is 5.70. The molecule has 25 heavy (non-hydrogen) atoms. The third-order valence-electron chi connectivity index (χ3n) is 4.45. The fourth-order valence-electron chi connectivity index (χ4n) is 3.37. The molecular weight excluding hydrogens is 336 g/mol. The molecule has 5 nitrogen and oxygen atoms in total. The summed E-state index contributed by atoms with van der Waals surface area (Å²) in [5, 5.41) is 0. The Morgan fingerprint density at radius 1 is 1.08 bits per heavy atom. The Hall–Kier alpha value is -2.34. The molecule has 0 N–H and O–H groups in total. The zero-order valence-corrected chi connectivity index (χ0v) is 15.2. The SMILES string of the molecule is C[C@H](C(=O)N1CCCc2ccccc21)N(c1ccccc1)S(C)(=O)=O. The lowest BCUT2D eigenvalue weighted by Crippen LogP contribution is -2.50. The van der Waals surface area contributed by atoms with Crippen LogP contribution in [0.1, 0.15) is 18.9 Å². The summed E-state index contributed by atoms with van der Waals surface area (Å²) in [5.74, 6) is -0.207. The van der Waals surface area contributed by atoms with Gasteiger partial charge in [-0.05, 0) is 43.5 Å². The average molecular weight is 358 g/mol. The number of hydrogen-bond acceptors (Lipinski definition) is 3. The number of anilines is 2. The maximum atomic E-state index is 13.1. The molecule has 1 aliphatic rings. The molecule has 3 rings (SSSR count). The van der Waals surface area contributed by atoms with Gasteiger partial charge in [0, 0.05) is 12.2 Å². The Labute approximate surface area is 148 Å². The minimum Gasteiger partial charge on any atom is -0.310 e. The molecule has 1 atom stereocenters. The minimum absolute atomic E-state index is 0.207. The summed E-state index contributed by atoms with van der Waals surface area (Å²) < 4.78 is 25.9. The van der Waals surface area contributed by atoms with Crippen LogP contribution in [0.25, 0.3) is 0 Å². The number of para-hydroxylation sites is 2. The van der Waals surface area contributed by atoms with Crippen molar-refractivity contribution in [1.29, 1.82) is 0 Å². The van der Waals surface area contributed by atoms with Crippen LogP contribution in [0.2, 0.25) is 0 Å². The molecule has 0 aromatic heterocycles. The van der Waals surface area contributed by atoms with E-state index in [2.05, 4.69) is 0 Å². The van der Waals surface area contributed by atoms with Gasteiger partial charge in [0.25, 0.3) is 5.91 Å². The monoisotopic (exact) mass is 358 g/mol. The number of carbonyl (C=O) groups excluding carboxylic acids is 1. The van der Waals surface area contributed by atoms with Gasteiger partial charge >= 0.3 is 0 Å². The van der Waals surface area contributed by atoms with Crippen LogP contribution in [0, 0.1) is 0 Å². The lowest BCUT2D eigenvalue weighted by molar-refractivity contribution is -0.119. The summed E-state index contributed by atoms with van der Waals surface area (Å²) in [4.78, 5) is 14.9. The lowest BCUT2D eigenvalue weighted by Gasteiger charge is -2.35. The summed E-state index contributed by atoms with van der Waals surface area (Å²) in [6.07, 6.45) is 2.94. The molecule has 0 bridgehead atoms. The average Bonchev–Trinajstić information content (AvgIpc) is 2.60. The molecule has 2 aromatic carbocycles. The van der Waals surface area contributed by atoms with E-state index in [-0.39, 0.29) is 5.91 Å². The molecule has 0 unspecified atom stereocenters. The van der Waals surface area contributed by atoms with Crippen molar-refractivity contribution in [3.8, 4) is 0 Å². The summed E-state index contributed by atoms with van der Waals surface area (Å²) >= 11 is 0. The zero-order chi connectivity index (χ0) is 18.0. The number of aryl methyl sites for hydroxylation is 1. The predicted octanol–water partition coefficient (Wildman–Crippen LogP) is 2.82. The highest BCUT2D eigenvalue weighted by Crippen LogP contribution is 2.29. The third kappa shape index (κ3) is 3.54. The Bertz CT molecular complexity index is 865. The molecule has 0 spiro atoms. The first-order chi connectivity index (χ1) is 11.9. The standard InChI is InChI=1S/C19H22N2O3S/c1-15(21(25(2,23)24)17-11-4-3-5-12-17)19(22)20-14-8-10-16-9-6-7-13-18(16)20/h3-7,9,11-13,15H,8,10,14H2,1-2H3/t15-/m1/s1. The number of carbonyl (C=O) groups is 1. The highest BCUT2D eigenvalue weighted by atomic mass is 32.2. The number of hydrogen-bond donors (Lipinski definition) is 0. The van der Waals surface area contributed by atoms with Crippen LogP contribution in [-0.2, 0) is 21.2 Å². The van der Waals surface area contributed by atoms with Crippen molar-refractivity contribution >= 4 is 27.3 Å². The summed E-state index contributed by atoms with van der Waals surface area (Å²) in [6, 6.07) is 15.7. The quantitative estimate of drug-likeness (QED) is 0.844. The summed E-state index contributed by atoms with van der Waals surface area (Å²) in [6.45, 7) is 2.25. The van der Waals surface area contributed by atoms with E-state index in [0.717, 1.165) is 30.3 Å². The molecule has 1 amide bonds. The first-order valence-electron chi connectivity index (χ1n) is 8.33. The molecule has 2 aromatic rings. The Morgan fingerprint density at radius 2 is 1.72 bits per heavy atom. The maximum Gasteiger partial charge on any atom is 0.250 e. The van der Waals surface area contributed by atoms with Crippen LogP contribution in [-0.4, -0.2) is 33.2 Å². The molecule has 1 heterocycles. The Kier molecular flexibility index (Phi) is 4.81. The number of nitrogens with zero attached hydrogens (tertiary/aromatic N) is 2. The molecule has 0 saturated carbocycles. The second-order valence-corrected chi connectivity index (χ2v) is 8.15. The van der Waals surface area contributed by atoms with Gasteiger partial charge in [0.05, 0.1) is 11.9 Å². The Balaban J connectivity index is 1.96. The van der Waals surface area contributed by atoms with E-state index in [9.17, 15) is 13.2 Å². The smallest absolute Gasteiger partial charge is 0.250 e. The van der Waals surface area contributed by atoms with Gasteiger partial charge < -0.3 is 4.90 Å². The maximum absolute atomic E-state index is 13.1. The van der Waals surface area contributed by atoms with Crippen LogP contribution in [0.3, 0.4) is 0 Å². The Morgan fingerprint density at radius 3 is 2.40 bits per heavy atom. The predicted molar refractivity (Wildman–Crippen MR) is 100 cm³/mol. The highest BCUT2D eigenvalue weighted by molar-refractivity contribution is 7.92. The number of rotatable bonds is 4. The minimum atomic E-state index is -3.59. The van der Waals surface area contributed by atoms with Crippen molar-refractivity contribution in [3.63, 3.8) is 0 Å². The number of fused-ring (bicyclic) bond motifs is 1. The van der Waals surface area contributed by atoms with E-state index >= 15 is 0 Å². The second kappa shape index (κ2) is 6.88. The van der Waals surface area contributed by atoms with E-state index in [0.29, 0.717) is 12.2 Å². The normalized spacial score (nSPS) is 15.4. The van der Waals surface area contributed by atoms with Crippen molar-refractivity contribution in [3.05, 3.63) is 60.2 Å². The van der Waals surface area contributed by atoms with Crippen molar-refractivity contribution < 1.29 is 13.2 Å². The van der Waals surface area contributed by atoms with Gasteiger partial charge in [0.15, 0.2) is 0 Å². The van der Waals surface area contributed by atoms with Crippen LogP contribution in [0.15, 0.2) is 54.6 Å². The van der Waals surface area contributed by atoms with Gasteiger partial charge in [-0.1, -0.05) is 36.4 Å². The van der Waals surface area contributed by atoms with Gasteiger partial charge in [-0.15, -0.1) is 0 Å². The van der Waals surface area contributed by atoms with Gasteiger partial charge in [0.1, 0.15) is 6.04 Å². The zero-order valence-electron chi connectivity index (χ0n) is 14.4. The topological polar surface area (TPSA) is 57.7 Å². The van der Waals surface area contributed by atoms with E-state index in [1.54, 1.807) is 36.1 Å². The van der Waals surface area contributed by atoms with Crippen LogP contribution < -0.4 is 9.21 Å². The summed E-state index contributed by atoms with van der Waals surface area (Å²) in [7, 11) is -3.59. The van der Waals surface area contributed by atoms with E-state index in [1.807, 2.05) is 30.3 Å². The fourth-order valence-corrected chi connectivity index (χ4v) is 4.53. The molecule has 0 aliphatic carbocycles. The fraction of sp³-hybridized carbons (Fsp3) is 0.316. The first-order valence-corrected chi connectivity index (χ1v) is 10.2. The highest BCUT2D eigenvalue weighted by Gasteiger charge is 2.33. The number of amides is 1. The molecule has 1 aliphatic heterocycles. The lowest BCUT2D eigenvalue weighted by atomic mass is 10.0. The molecule has 6 heteroatoms. The number of sulfonamides is 1. The first kappa shape index (κ1) is 17.5. The summed E-state index contributed by atoms with van der Waals surface area (Å²) in [5.41, 5.74) is 2.50. The molecular formula is C19H22N2O3S. The van der Waals surface area contributed by atoms with Crippen molar-refractivity contribution in [2.75, 3.05) is 22.0 Å². The van der Waals surface area contributed by atoms with E-state index < -0.39 is 16.1 Å². The molecule has 0 fully saturated rings. The van der Waals surface area contributed by atoms with Crippen LogP contribution >= 0.6 is 0 Å². The number of benzene rings is 2. The second-order valence-electron chi connectivity index (χ2n) is 6.29. The largest absolute Gasteiger partial charge is 0.310 e. The van der Waals surface area contributed by atoms with Gasteiger partial charge in [0.2, 0.25) is 10.0 Å². The van der Waals surface area contributed by atoms with Gasteiger partial charge in [-0.3, -0.25) is 9.10 Å². The van der Waals surface area contributed by atoms with Gasteiger partial charge in [-0.2, -0.15) is 0 Å². The van der Waals surface area contributed by atoms with E-state index in [4.69, 9.17) is 0 Å². The van der Waals surface area contributed by atoms with Crippen molar-refractivity contribution in [2.24, 2.45) is 0 Å². The van der Waals surface area contributed by atoms with Crippen LogP contribution in [0.5, 0.6) is 0 Å². The van der Waals surface area contributed by atoms with Crippen molar-refractivity contribution in [2.45, 2.75) is 25.8 Å². The molecule has 0 radical (unpaired) electrons. The van der Waals surface area contributed by atoms with Crippen LogP contribution in [0.4, 0.5) is 11.4 Å². The van der Waals surface area contributed by atoms with E-state index in [1.165, 1.54) is 4.31 Å². The molecule has 0 saturated heterocycles. The van der Waals surface area contributed by atoms with Gasteiger partial charge in [-0.25, -0.2) is 8.42 Å². The molecule has 132 valence electrons. The van der Waals surface area contributed by atoms with Crippen molar-refractivity contribution in [1.82, 2.24) is 0 Å².